The number of thiophene rings is 1. The van der Waals surface area contributed by atoms with Gasteiger partial charge < -0.3 is 5.73 Å². The van der Waals surface area contributed by atoms with Crippen molar-refractivity contribution in [2.45, 2.75) is 19.4 Å². The predicted molar refractivity (Wildman–Crippen MR) is 73.7 cm³/mol. The van der Waals surface area contributed by atoms with Gasteiger partial charge in [-0.15, -0.1) is 11.3 Å². The van der Waals surface area contributed by atoms with Gasteiger partial charge in [-0.3, -0.25) is 0 Å². The fraction of sp³-hybridized carbons (Fsp3) is 0.231. The first kappa shape index (κ1) is 13.6. The van der Waals surface area contributed by atoms with Crippen molar-refractivity contribution in [2.24, 2.45) is 5.73 Å². The average molecular weight is 332 g/mol. The van der Waals surface area contributed by atoms with Crippen LogP contribution >= 0.6 is 27.3 Å². The number of nitrogens with two attached hydrogens (primary N) is 1. The van der Waals surface area contributed by atoms with Crippen molar-refractivity contribution in [2.75, 3.05) is 0 Å². The molecule has 2 aromatic rings. The van der Waals surface area contributed by atoms with Crippen LogP contribution < -0.4 is 5.73 Å². The Balaban J connectivity index is 2.15. The normalized spacial score (nSPS) is 12.7. The maximum absolute atomic E-state index is 13.1. The highest BCUT2D eigenvalue weighted by Gasteiger charge is 2.13. The lowest BCUT2D eigenvalue weighted by Gasteiger charge is -2.09. The first-order chi connectivity index (χ1) is 8.47. The molecule has 0 saturated heterocycles. The minimum atomic E-state index is -0.831. The van der Waals surface area contributed by atoms with Crippen LogP contribution in [0.25, 0.3) is 0 Å². The molecule has 0 bridgehead atoms. The molecule has 0 aliphatic rings. The van der Waals surface area contributed by atoms with Gasteiger partial charge in [0.2, 0.25) is 0 Å². The summed E-state index contributed by atoms with van der Waals surface area (Å²) in [7, 11) is 0. The third-order valence-electron chi connectivity index (χ3n) is 2.68. The van der Waals surface area contributed by atoms with E-state index >= 15 is 0 Å². The second-order valence-electron chi connectivity index (χ2n) is 4.11. The Labute approximate surface area is 117 Å². The highest BCUT2D eigenvalue weighted by Crippen LogP contribution is 2.31. The summed E-state index contributed by atoms with van der Waals surface area (Å²) in [5.74, 6) is -1.66. The smallest absolute Gasteiger partial charge is 0.159 e. The van der Waals surface area contributed by atoms with Gasteiger partial charge in [-0.05, 0) is 53.0 Å². The minimum Gasteiger partial charge on any atom is -0.323 e. The van der Waals surface area contributed by atoms with E-state index in [1.807, 2.05) is 13.0 Å². The maximum atomic E-state index is 13.1. The van der Waals surface area contributed by atoms with Gasteiger partial charge in [0.1, 0.15) is 0 Å². The van der Waals surface area contributed by atoms with Crippen molar-refractivity contribution in [1.29, 1.82) is 0 Å². The zero-order valence-corrected chi connectivity index (χ0v) is 12.1. The zero-order valence-electron chi connectivity index (χ0n) is 9.71. The molecule has 1 aromatic carbocycles. The third kappa shape index (κ3) is 2.96. The van der Waals surface area contributed by atoms with E-state index in [1.165, 1.54) is 6.07 Å². The topological polar surface area (TPSA) is 26.0 Å². The van der Waals surface area contributed by atoms with Crippen molar-refractivity contribution >= 4 is 27.3 Å². The third-order valence-corrected chi connectivity index (χ3v) is 4.95. The van der Waals surface area contributed by atoms with Crippen LogP contribution in [-0.2, 0) is 6.42 Å². The standard InChI is InChI=1S/C13H12BrF2NS/c1-7-9(14)6-13(18-7)12(17)5-8-2-3-10(15)11(16)4-8/h2-4,6,12H,5,17H2,1H3. The van der Waals surface area contributed by atoms with Crippen molar-refractivity contribution < 1.29 is 8.78 Å². The monoisotopic (exact) mass is 331 g/mol. The molecule has 5 heteroatoms. The minimum absolute atomic E-state index is 0.204. The van der Waals surface area contributed by atoms with E-state index in [4.69, 9.17) is 5.73 Å². The van der Waals surface area contributed by atoms with Crippen molar-refractivity contribution in [3.05, 3.63) is 55.7 Å². The Morgan fingerprint density at radius 1 is 1.28 bits per heavy atom. The average Bonchev–Trinajstić information content (AvgIpc) is 2.65. The molecular formula is C13H12BrF2NS. The van der Waals surface area contributed by atoms with Gasteiger partial charge in [-0.25, -0.2) is 8.78 Å². The Morgan fingerprint density at radius 2 is 2.00 bits per heavy atom. The number of aryl methyl sites for hydroxylation is 1. The fourth-order valence-corrected chi connectivity index (χ4v) is 3.25. The molecule has 96 valence electrons. The van der Waals surface area contributed by atoms with Crippen molar-refractivity contribution in [1.82, 2.24) is 0 Å². The lowest BCUT2D eigenvalue weighted by atomic mass is 10.1. The highest BCUT2D eigenvalue weighted by atomic mass is 79.9. The van der Waals surface area contributed by atoms with Gasteiger partial charge in [-0.2, -0.15) is 0 Å². The van der Waals surface area contributed by atoms with Crippen LogP contribution in [0, 0.1) is 18.6 Å². The molecule has 0 aliphatic heterocycles. The second kappa shape index (κ2) is 5.47. The fourth-order valence-electron chi connectivity index (χ4n) is 1.69. The number of rotatable bonds is 3. The SMILES string of the molecule is Cc1sc(C(N)Cc2ccc(F)c(F)c2)cc1Br. The predicted octanol–water partition coefficient (Wildman–Crippen LogP) is 4.34. The van der Waals surface area contributed by atoms with E-state index in [-0.39, 0.29) is 6.04 Å². The van der Waals surface area contributed by atoms with Crippen LogP contribution in [0.15, 0.2) is 28.7 Å². The quantitative estimate of drug-likeness (QED) is 0.889. The van der Waals surface area contributed by atoms with Crippen LogP contribution in [-0.4, -0.2) is 0 Å². The molecule has 2 rings (SSSR count). The van der Waals surface area contributed by atoms with Gasteiger partial charge in [0, 0.05) is 20.3 Å². The Bertz CT molecular complexity index is 549. The molecule has 0 saturated carbocycles. The van der Waals surface area contributed by atoms with Crippen LogP contribution in [0.2, 0.25) is 0 Å². The first-order valence-electron chi connectivity index (χ1n) is 5.42. The molecule has 0 spiro atoms. The molecule has 1 unspecified atom stereocenters. The number of halogens is 3. The van der Waals surface area contributed by atoms with Gasteiger partial charge in [0.15, 0.2) is 11.6 Å². The van der Waals surface area contributed by atoms with E-state index in [9.17, 15) is 8.78 Å². The molecule has 1 heterocycles. The Kier molecular flexibility index (Phi) is 4.14. The highest BCUT2D eigenvalue weighted by molar-refractivity contribution is 9.10. The second-order valence-corrected chi connectivity index (χ2v) is 6.25. The Hall–Kier alpha value is -0.780. The van der Waals surface area contributed by atoms with Crippen LogP contribution in [0.3, 0.4) is 0 Å². The van der Waals surface area contributed by atoms with Crippen LogP contribution in [0.5, 0.6) is 0 Å². The Morgan fingerprint density at radius 3 is 2.56 bits per heavy atom. The van der Waals surface area contributed by atoms with Gasteiger partial charge >= 0.3 is 0 Å². The molecule has 0 aliphatic carbocycles. The summed E-state index contributed by atoms with van der Waals surface area (Å²) in [4.78, 5) is 2.19. The van der Waals surface area contributed by atoms with E-state index < -0.39 is 11.6 Å². The number of benzene rings is 1. The van der Waals surface area contributed by atoms with Crippen LogP contribution in [0.4, 0.5) is 8.78 Å². The maximum Gasteiger partial charge on any atom is 0.159 e. The van der Waals surface area contributed by atoms with E-state index in [2.05, 4.69) is 15.9 Å². The number of hydrogen-bond acceptors (Lipinski definition) is 2. The lowest BCUT2D eigenvalue weighted by Crippen LogP contribution is -2.12. The van der Waals surface area contributed by atoms with Crippen molar-refractivity contribution in [3.8, 4) is 0 Å². The largest absolute Gasteiger partial charge is 0.323 e. The molecule has 1 aromatic heterocycles. The van der Waals surface area contributed by atoms with E-state index in [0.717, 1.165) is 20.3 Å². The lowest BCUT2D eigenvalue weighted by molar-refractivity contribution is 0.506. The summed E-state index contributed by atoms with van der Waals surface area (Å²) < 4.78 is 26.9. The molecule has 1 atom stereocenters. The molecule has 0 radical (unpaired) electrons. The first-order valence-corrected chi connectivity index (χ1v) is 7.03. The summed E-state index contributed by atoms with van der Waals surface area (Å²) >= 11 is 5.05. The zero-order chi connectivity index (χ0) is 13.3. The molecule has 0 fully saturated rings. The molecule has 0 amide bonds. The van der Waals surface area contributed by atoms with Gasteiger partial charge in [-0.1, -0.05) is 6.07 Å². The summed E-state index contributed by atoms with van der Waals surface area (Å²) in [6.07, 6.45) is 0.490. The summed E-state index contributed by atoms with van der Waals surface area (Å²) in [5, 5.41) is 0. The summed E-state index contributed by atoms with van der Waals surface area (Å²) in [5.41, 5.74) is 6.77. The van der Waals surface area contributed by atoms with E-state index in [1.54, 1.807) is 17.4 Å². The van der Waals surface area contributed by atoms with E-state index in [0.29, 0.717) is 12.0 Å². The molecule has 1 nitrogen and oxygen atoms in total. The number of hydrogen-bond donors (Lipinski definition) is 1. The molecule has 18 heavy (non-hydrogen) atoms. The van der Waals surface area contributed by atoms with Crippen LogP contribution in [0.1, 0.15) is 21.4 Å². The van der Waals surface area contributed by atoms with Gasteiger partial charge in [0.25, 0.3) is 0 Å². The molecular weight excluding hydrogens is 320 g/mol. The summed E-state index contributed by atoms with van der Waals surface area (Å²) in [6.45, 7) is 2.00. The molecule has 2 N–H and O–H groups in total. The summed E-state index contributed by atoms with van der Waals surface area (Å²) in [6, 6.07) is 5.67. The van der Waals surface area contributed by atoms with Crippen molar-refractivity contribution in [3.63, 3.8) is 0 Å². The van der Waals surface area contributed by atoms with Gasteiger partial charge in [0.05, 0.1) is 0 Å².